The lowest BCUT2D eigenvalue weighted by Crippen LogP contribution is -2.53. The molecule has 33 heavy (non-hydrogen) atoms. The van der Waals surface area contributed by atoms with E-state index in [1.807, 2.05) is 51.0 Å². The van der Waals surface area contributed by atoms with Crippen molar-refractivity contribution in [3.8, 4) is 11.3 Å². The van der Waals surface area contributed by atoms with Gasteiger partial charge in [-0.05, 0) is 75.0 Å². The number of carbonyl (C=O) groups is 1. The fourth-order valence-corrected chi connectivity index (χ4v) is 5.03. The molecular weight excluding hydrogens is 412 g/mol. The van der Waals surface area contributed by atoms with Crippen molar-refractivity contribution in [3.63, 3.8) is 0 Å². The molecule has 176 valence electrons. The zero-order chi connectivity index (χ0) is 24.0. The monoisotopic (exact) mass is 448 g/mol. The van der Waals surface area contributed by atoms with Gasteiger partial charge in [-0.3, -0.25) is 9.59 Å². The number of nitrogens with one attached hydrogen (secondary N) is 1. The van der Waals surface area contributed by atoms with Gasteiger partial charge in [0.1, 0.15) is 0 Å². The Labute approximate surface area is 196 Å². The molecule has 4 rings (SSSR count). The van der Waals surface area contributed by atoms with Crippen LogP contribution in [0.5, 0.6) is 0 Å². The van der Waals surface area contributed by atoms with Crippen LogP contribution in [-0.2, 0) is 18.3 Å². The lowest BCUT2D eigenvalue weighted by molar-refractivity contribution is -0.138. The van der Waals surface area contributed by atoms with E-state index >= 15 is 0 Å². The molecule has 2 aromatic heterocycles. The number of fused-ring (bicyclic) bond motifs is 1. The highest BCUT2D eigenvalue weighted by atomic mass is 16.2. The predicted octanol–water partition coefficient (Wildman–Crippen LogP) is 3.84. The standard InChI is InChI=1S/C27H36N4O2/c1-16(2)25-21-11-19(10-20-12-31(13-20)24(32)15-29(5)6)8-9-23(21)28-26(25)22-14-30(7)27(33)18(4)17(22)3/h8-9,11,14,16,20,28H,10,12-13,15H2,1-7H3. The maximum Gasteiger partial charge on any atom is 0.253 e. The summed E-state index contributed by atoms with van der Waals surface area (Å²) in [5.74, 6) is 1.07. The van der Waals surface area contributed by atoms with Gasteiger partial charge in [0, 0.05) is 48.4 Å². The summed E-state index contributed by atoms with van der Waals surface area (Å²) in [6.07, 6.45) is 2.94. The number of likely N-dealkylation sites (tertiary alicyclic amines) is 1. The van der Waals surface area contributed by atoms with Crippen LogP contribution < -0.4 is 5.56 Å². The first-order valence-electron chi connectivity index (χ1n) is 11.8. The van der Waals surface area contributed by atoms with Crippen LogP contribution in [-0.4, -0.2) is 59.0 Å². The summed E-state index contributed by atoms with van der Waals surface area (Å²) in [4.78, 5) is 32.1. The fourth-order valence-electron chi connectivity index (χ4n) is 5.03. The Balaban J connectivity index is 1.64. The molecule has 6 nitrogen and oxygen atoms in total. The second-order valence-electron chi connectivity index (χ2n) is 10.3. The second-order valence-corrected chi connectivity index (χ2v) is 10.3. The maximum atomic E-state index is 12.4. The van der Waals surface area contributed by atoms with Crippen molar-refractivity contribution in [2.24, 2.45) is 13.0 Å². The molecule has 0 radical (unpaired) electrons. The third-order valence-electron chi connectivity index (χ3n) is 6.97. The Hall–Kier alpha value is -2.86. The molecule has 1 amide bonds. The van der Waals surface area contributed by atoms with E-state index in [0.29, 0.717) is 18.4 Å². The number of carbonyl (C=O) groups excluding carboxylic acids is 1. The largest absolute Gasteiger partial charge is 0.354 e. The van der Waals surface area contributed by atoms with Crippen molar-refractivity contribution in [2.45, 2.75) is 40.0 Å². The van der Waals surface area contributed by atoms with E-state index < -0.39 is 0 Å². The molecule has 0 bridgehead atoms. The van der Waals surface area contributed by atoms with Crippen LogP contribution in [0.2, 0.25) is 0 Å². The normalized spacial score (nSPS) is 14.5. The first kappa shape index (κ1) is 23.3. The lowest BCUT2D eigenvalue weighted by atomic mass is 9.90. The number of hydrogen-bond acceptors (Lipinski definition) is 3. The van der Waals surface area contributed by atoms with Gasteiger partial charge < -0.3 is 19.4 Å². The van der Waals surface area contributed by atoms with Crippen molar-refractivity contribution >= 4 is 16.8 Å². The first-order chi connectivity index (χ1) is 15.6. The number of nitrogens with zero attached hydrogens (tertiary/aromatic N) is 3. The molecule has 0 unspecified atom stereocenters. The minimum absolute atomic E-state index is 0.0550. The third kappa shape index (κ3) is 4.36. The van der Waals surface area contributed by atoms with Crippen LogP contribution in [0.4, 0.5) is 0 Å². The van der Waals surface area contributed by atoms with E-state index in [0.717, 1.165) is 47.4 Å². The molecule has 3 heterocycles. The summed E-state index contributed by atoms with van der Waals surface area (Å²) >= 11 is 0. The summed E-state index contributed by atoms with van der Waals surface area (Å²) in [5, 5.41) is 1.25. The van der Waals surface area contributed by atoms with Gasteiger partial charge in [0.15, 0.2) is 0 Å². The highest BCUT2D eigenvalue weighted by Gasteiger charge is 2.30. The Morgan fingerprint density at radius 3 is 2.52 bits per heavy atom. The number of rotatable bonds is 6. The van der Waals surface area contributed by atoms with E-state index in [-0.39, 0.29) is 11.5 Å². The van der Waals surface area contributed by atoms with Gasteiger partial charge in [0.2, 0.25) is 5.91 Å². The molecule has 1 saturated heterocycles. The molecule has 1 fully saturated rings. The third-order valence-corrected chi connectivity index (χ3v) is 6.97. The summed E-state index contributed by atoms with van der Waals surface area (Å²) in [5.41, 5.74) is 7.81. The molecule has 1 N–H and O–H groups in total. The summed E-state index contributed by atoms with van der Waals surface area (Å²) < 4.78 is 1.68. The van der Waals surface area contributed by atoms with E-state index in [9.17, 15) is 9.59 Å². The van der Waals surface area contributed by atoms with E-state index in [1.165, 1.54) is 16.5 Å². The second kappa shape index (κ2) is 8.82. The maximum absolute atomic E-state index is 12.4. The van der Waals surface area contributed by atoms with Gasteiger partial charge in [-0.1, -0.05) is 19.9 Å². The molecule has 0 saturated carbocycles. The van der Waals surface area contributed by atoms with Crippen LogP contribution in [0.1, 0.15) is 42.0 Å². The fraction of sp³-hybridized carbons (Fsp3) is 0.481. The minimum Gasteiger partial charge on any atom is -0.354 e. The van der Waals surface area contributed by atoms with Crippen LogP contribution in [0, 0.1) is 19.8 Å². The molecule has 1 aromatic carbocycles. The zero-order valence-electron chi connectivity index (χ0n) is 21.0. The number of aromatic amines is 1. The van der Waals surface area contributed by atoms with Crippen LogP contribution in [0.3, 0.4) is 0 Å². The summed E-state index contributed by atoms with van der Waals surface area (Å²) in [7, 11) is 5.68. The van der Waals surface area contributed by atoms with Crippen molar-refractivity contribution < 1.29 is 4.79 Å². The highest BCUT2D eigenvalue weighted by molar-refractivity contribution is 5.92. The van der Waals surface area contributed by atoms with Crippen molar-refractivity contribution in [1.82, 2.24) is 19.4 Å². The average Bonchev–Trinajstić information content (AvgIpc) is 3.09. The molecule has 6 heteroatoms. The van der Waals surface area contributed by atoms with E-state index in [2.05, 4.69) is 37.0 Å². The number of H-pyrrole nitrogens is 1. The van der Waals surface area contributed by atoms with Gasteiger partial charge in [-0.15, -0.1) is 0 Å². The Bertz CT molecular complexity index is 1260. The molecule has 3 aromatic rings. The smallest absolute Gasteiger partial charge is 0.253 e. The summed E-state index contributed by atoms with van der Waals surface area (Å²) in [6.45, 7) is 10.6. The Kier molecular flexibility index (Phi) is 6.23. The number of aryl methyl sites for hydroxylation is 1. The highest BCUT2D eigenvalue weighted by Crippen LogP contribution is 2.37. The number of likely N-dealkylation sites (N-methyl/N-ethyl adjacent to an activating group) is 1. The first-order valence-corrected chi connectivity index (χ1v) is 11.8. The Morgan fingerprint density at radius 1 is 1.18 bits per heavy atom. The van der Waals surface area contributed by atoms with Crippen molar-refractivity contribution in [3.05, 3.63) is 57.0 Å². The number of aromatic nitrogens is 2. The predicted molar refractivity (Wildman–Crippen MR) is 135 cm³/mol. The van der Waals surface area contributed by atoms with Crippen molar-refractivity contribution in [1.29, 1.82) is 0 Å². The number of hydrogen-bond donors (Lipinski definition) is 1. The van der Waals surface area contributed by atoms with Gasteiger partial charge in [0.05, 0.1) is 12.2 Å². The quantitative estimate of drug-likeness (QED) is 0.623. The van der Waals surface area contributed by atoms with Crippen LogP contribution in [0.15, 0.2) is 29.2 Å². The molecule has 0 spiro atoms. The topological polar surface area (TPSA) is 61.3 Å². The van der Waals surface area contributed by atoms with Gasteiger partial charge in [-0.2, -0.15) is 0 Å². The number of benzene rings is 1. The molecular formula is C27H36N4O2. The Morgan fingerprint density at radius 2 is 1.88 bits per heavy atom. The SMILES string of the molecule is Cc1c(-c2[nH]c3ccc(CC4CN(C(=O)CN(C)C)C4)cc3c2C(C)C)cn(C)c(=O)c1C. The molecule has 0 atom stereocenters. The number of pyridine rings is 1. The van der Waals surface area contributed by atoms with E-state index in [1.54, 1.807) is 4.57 Å². The van der Waals surface area contributed by atoms with Crippen LogP contribution in [0.25, 0.3) is 22.2 Å². The van der Waals surface area contributed by atoms with Gasteiger partial charge >= 0.3 is 0 Å². The summed E-state index contributed by atoms with van der Waals surface area (Å²) in [6, 6.07) is 6.70. The van der Waals surface area contributed by atoms with E-state index in [4.69, 9.17) is 0 Å². The van der Waals surface area contributed by atoms with Gasteiger partial charge in [0.25, 0.3) is 5.56 Å². The minimum atomic E-state index is 0.0550. The number of amides is 1. The molecule has 1 aliphatic heterocycles. The van der Waals surface area contributed by atoms with Gasteiger partial charge in [-0.25, -0.2) is 0 Å². The molecule has 0 aliphatic carbocycles. The molecule has 1 aliphatic rings. The lowest BCUT2D eigenvalue weighted by Gasteiger charge is -2.40. The van der Waals surface area contributed by atoms with Crippen LogP contribution >= 0.6 is 0 Å². The average molecular weight is 449 g/mol. The van der Waals surface area contributed by atoms with Crippen molar-refractivity contribution in [2.75, 3.05) is 33.7 Å². The zero-order valence-corrected chi connectivity index (χ0v) is 21.0.